The Balaban J connectivity index is 1.92. The molecule has 18 heavy (non-hydrogen) atoms. The number of fused-ring (bicyclic) bond motifs is 1. The average molecular weight is 311 g/mol. The first-order valence-electron chi connectivity index (χ1n) is 5.46. The van der Waals surface area contributed by atoms with Gasteiger partial charge >= 0.3 is 0 Å². The van der Waals surface area contributed by atoms with E-state index < -0.39 is 0 Å². The lowest BCUT2D eigenvalue weighted by Crippen LogP contribution is -2.16. The Bertz CT molecular complexity index is 584. The summed E-state index contributed by atoms with van der Waals surface area (Å²) in [6.07, 6.45) is 1.68. The molecule has 0 spiro atoms. The number of benzene rings is 1. The van der Waals surface area contributed by atoms with Crippen LogP contribution in [0.2, 0.25) is 0 Å². The van der Waals surface area contributed by atoms with Crippen molar-refractivity contribution in [2.75, 3.05) is 18.9 Å². The minimum Gasteiger partial charge on any atom is -0.486 e. The zero-order valence-electron chi connectivity index (χ0n) is 9.47. The quantitative estimate of drug-likeness (QED) is 0.908. The molecule has 2 N–H and O–H groups in total. The van der Waals surface area contributed by atoms with Crippen molar-refractivity contribution in [2.45, 2.75) is 6.54 Å². The summed E-state index contributed by atoms with van der Waals surface area (Å²) in [5, 5.41) is 7.66. The summed E-state index contributed by atoms with van der Waals surface area (Å²) in [7, 11) is 0. The number of hydrogen-bond acceptors (Lipinski definition) is 5. The van der Waals surface area contributed by atoms with Gasteiger partial charge in [0.05, 0.1) is 12.7 Å². The van der Waals surface area contributed by atoms with Crippen LogP contribution in [0.4, 0.5) is 5.82 Å². The van der Waals surface area contributed by atoms with Crippen LogP contribution in [0.5, 0.6) is 11.5 Å². The Morgan fingerprint density at radius 1 is 1.28 bits per heavy atom. The van der Waals surface area contributed by atoms with Crippen molar-refractivity contribution >= 4 is 21.7 Å². The van der Waals surface area contributed by atoms with Crippen molar-refractivity contribution in [1.82, 2.24) is 15.0 Å². The largest absolute Gasteiger partial charge is 0.486 e. The lowest BCUT2D eigenvalue weighted by atomic mass is 10.2. The van der Waals surface area contributed by atoms with Crippen LogP contribution in [-0.2, 0) is 6.54 Å². The van der Waals surface area contributed by atoms with Crippen molar-refractivity contribution < 1.29 is 9.47 Å². The fourth-order valence-corrected chi connectivity index (χ4v) is 2.24. The molecule has 0 fully saturated rings. The van der Waals surface area contributed by atoms with Gasteiger partial charge in [0.25, 0.3) is 0 Å². The van der Waals surface area contributed by atoms with Gasteiger partial charge in [0.1, 0.15) is 13.2 Å². The molecule has 0 unspecified atom stereocenters. The molecule has 0 bridgehead atoms. The van der Waals surface area contributed by atoms with Crippen LogP contribution in [0.25, 0.3) is 0 Å². The normalized spacial score (nSPS) is 13.6. The lowest BCUT2D eigenvalue weighted by molar-refractivity contribution is 0.171. The molecule has 0 amide bonds. The van der Waals surface area contributed by atoms with Gasteiger partial charge in [-0.2, -0.15) is 0 Å². The zero-order chi connectivity index (χ0) is 12.5. The van der Waals surface area contributed by atoms with Crippen molar-refractivity contribution in [3.8, 4) is 11.5 Å². The van der Waals surface area contributed by atoms with Crippen LogP contribution in [0.15, 0.2) is 22.8 Å². The Labute approximate surface area is 112 Å². The highest BCUT2D eigenvalue weighted by molar-refractivity contribution is 9.10. The van der Waals surface area contributed by atoms with Crippen LogP contribution in [0.3, 0.4) is 0 Å². The second kappa shape index (κ2) is 4.49. The Kier molecular flexibility index (Phi) is 2.83. The molecule has 0 saturated heterocycles. The molecule has 2 heterocycles. The van der Waals surface area contributed by atoms with Crippen molar-refractivity contribution in [1.29, 1.82) is 0 Å². The predicted molar refractivity (Wildman–Crippen MR) is 68.7 cm³/mol. The molecule has 7 heteroatoms. The summed E-state index contributed by atoms with van der Waals surface area (Å²) in [4.78, 5) is 0. The third kappa shape index (κ3) is 2.13. The molecule has 0 aliphatic carbocycles. The van der Waals surface area contributed by atoms with Crippen molar-refractivity contribution in [3.63, 3.8) is 0 Å². The van der Waals surface area contributed by atoms with E-state index in [1.165, 1.54) is 0 Å². The Hall–Kier alpha value is -1.76. The molecular weight excluding hydrogens is 300 g/mol. The fraction of sp³-hybridized carbons (Fsp3) is 0.273. The SMILES string of the molecule is Nc1cn(Cc2cc3c(cc2Br)OCCO3)nn1. The molecular formula is C11H11BrN4O2. The van der Waals surface area contributed by atoms with Gasteiger partial charge in [-0.3, -0.25) is 0 Å². The van der Waals surface area contributed by atoms with Gasteiger partial charge in [0.2, 0.25) is 0 Å². The van der Waals surface area contributed by atoms with E-state index in [4.69, 9.17) is 15.2 Å². The van der Waals surface area contributed by atoms with Crippen LogP contribution >= 0.6 is 15.9 Å². The van der Waals surface area contributed by atoms with E-state index in [2.05, 4.69) is 26.2 Å². The zero-order valence-corrected chi connectivity index (χ0v) is 11.1. The number of rotatable bonds is 2. The predicted octanol–water partition coefficient (Wildman–Crippen LogP) is 1.44. The van der Waals surface area contributed by atoms with Gasteiger partial charge in [-0.15, -0.1) is 5.10 Å². The molecule has 1 aromatic heterocycles. The number of nitrogens with two attached hydrogens (primary N) is 1. The fourth-order valence-electron chi connectivity index (χ4n) is 1.79. The number of halogens is 1. The maximum atomic E-state index is 5.55. The smallest absolute Gasteiger partial charge is 0.165 e. The third-order valence-electron chi connectivity index (χ3n) is 2.60. The average Bonchev–Trinajstić information content (AvgIpc) is 2.76. The van der Waals surface area contributed by atoms with Gasteiger partial charge in [-0.1, -0.05) is 21.1 Å². The van der Waals surface area contributed by atoms with E-state index in [0.29, 0.717) is 25.6 Å². The maximum absolute atomic E-state index is 5.55. The minimum atomic E-state index is 0.406. The lowest BCUT2D eigenvalue weighted by Gasteiger charge is -2.19. The number of hydrogen-bond donors (Lipinski definition) is 1. The van der Waals surface area contributed by atoms with E-state index in [1.54, 1.807) is 10.9 Å². The molecule has 2 aromatic rings. The minimum absolute atomic E-state index is 0.406. The Morgan fingerprint density at radius 2 is 2.00 bits per heavy atom. The molecule has 1 aliphatic heterocycles. The number of anilines is 1. The summed E-state index contributed by atoms with van der Waals surface area (Å²) >= 11 is 3.51. The van der Waals surface area contributed by atoms with E-state index >= 15 is 0 Å². The van der Waals surface area contributed by atoms with Gasteiger partial charge in [-0.25, -0.2) is 4.68 Å². The van der Waals surface area contributed by atoms with Gasteiger partial charge in [0, 0.05) is 4.47 Å². The van der Waals surface area contributed by atoms with Crippen LogP contribution in [0.1, 0.15) is 5.56 Å². The highest BCUT2D eigenvalue weighted by Crippen LogP contribution is 2.35. The monoisotopic (exact) mass is 310 g/mol. The van der Waals surface area contributed by atoms with Crippen LogP contribution in [-0.4, -0.2) is 28.2 Å². The third-order valence-corrected chi connectivity index (χ3v) is 3.34. The Morgan fingerprint density at radius 3 is 2.67 bits per heavy atom. The summed E-state index contributed by atoms with van der Waals surface area (Å²) in [5.41, 5.74) is 6.56. The molecule has 6 nitrogen and oxygen atoms in total. The number of ether oxygens (including phenoxy) is 2. The first-order valence-corrected chi connectivity index (χ1v) is 6.25. The van der Waals surface area contributed by atoms with Crippen LogP contribution < -0.4 is 15.2 Å². The first kappa shape index (κ1) is 11.3. The topological polar surface area (TPSA) is 75.2 Å². The molecule has 3 rings (SSSR count). The summed E-state index contributed by atoms with van der Waals surface area (Å²) in [5.74, 6) is 1.92. The standard InChI is InChI=1S/C11H11BrN4O2/c12-8-4-10-9(17-1-2-18-10)3-7(8)5-16-6-11(13)14-15-16/h3-4,6H,1-2,5,13H2. The first-order chi connectivity index (χ1) is 8.72. The van der Waals surface area contributed by atoms with E-state index in [1.807, 2.05) is 12.1 Å². The second-order valence-corrected chi connectivity index (χ2v) is 4.78. The second-order valence-electron chi connectivity index (χ2n) is 3.93. The van der Waals surface area contributed by atoms with E-state index in [-0.39, 0.29) is 0 Å². The van der Waals surface area contributed by atoms with E-state index in [9.17, 15) is 0 Å². The molecule has 1 aromatic carbocycles. The van der Waals surface area contributed by atoms with Gasteiger partial charge in [-0.05, 0) is 17.7 Å². The van der Waals surface area contributed by atoms with Crippen molar-refractivity contribution in [2.24, 2.45) is 0 Å². The highest BCUT2D eigenvalue weighted by Gasteiger charge is 2.15. The summed E-state index contributed by atoms with van der Waals surface area (Å²) < 4.78 is 13.7. The maximum Gasteiger partial charge on any atom is 0.165 e. The van der Waals surface area contributed by atoms with Gasteiger partial charge in [0.15, 0.2) is 17.3 Å². The molecule has 0 atom stereocenters. The van der Waals surface area contributed by atoms with Gasteiger partial charge < -0.3 is 15.2 Å². The van der Waals surface area contributed by atoms with E-state index in [0.717, 1.165) is 21.5 Å². The van der Waals surface area contributed by atoms with Crippen LogP contribution in [0, 0.1) is 0 Å². The number of aromatic nitrogens is 3. The summed E-state index contributed by atoms with van der Waals surface area (Å²) in [6, 6.07) is 3.85. The number of nitrogens with zero attached hydrogens (tertiary/aromatic N) is 3. The molecule has 0 saturated carbocycles. The highest BCUT2D eigenvalue weighted by atomic mass is 79.9. The molecule has 1 aliphatic rings. The molecule has 94 valence electrons. The van der Waals surface area contributed by atoms with Crippen molar-refractivity contribution in [3.05, 3.63) is 28.4 Å². The number of nitrogen functional groups attached to an aromatic ring is 1. The molecule has 0 radical (unpaired) electrons. The summed E-state index contributed by atoms with van der Waals surface area (Å²) in [6.45, 7) is 1.73.